The van der Waals surface area contributed by atoms with Gasteiger partial charge in [-0.15, -0.1) is 0 Å². The van der Waals surface area contributed by atoms with Gasteiger partial charge in [-0.05, 0) is 50.0 Å². The van der Waals surface area contributed by atoms with Gasteiger partial charge in [-0.2, -0.15) is 5.10 Å². The summed E-state index contributed by atoms with van der Waals surface area (Å²) in [4.78, 5) is 24.0. The number of benzene rings is 1. The number of aromatic amines is 2. The van der Waals surface area contributed by atoms with Crippen molar-refractivity contribution in [2.75, 3.05) is 14.1 Å². The highest BCUT2D eigenvalue weighted by molar-refractivity contribution is 5.97. The van der Waals surface area contributed by atoms with E-state index < -0.39 is 0 Å². The molecule has 5 aromatic heterocycles. The largest absolute Gasteiger partial charge is 0.337 e. The molecule has 0 bridgehead atoms. The molecular formula is C26H22N8. The number of aromatic nitrogens is 7. The molecule has 0 aliphatic heterocycles. The van der Waals surface area contributed by atoms with E-state index in [9.17, 15) is 0 Å². The second-order valence-corrected chi connectivity index (χ2v) is 8.51. The predicted octanol–water partition coefficient (Wildman–Crippen LogP) is 4.69. The summed E-state index contributed by atoms with van der Waals surface area (Å²) in [7, 11) is 4.09. The van der Waals surface area contributed by atoms with Crippen LogP contribution in [0.2, 0.25) is 0 Å². The van der Waals surface area contributed by atoms with Gasteiger partial charge in [0.1, 0.15) is 5.69 Å². The second-order valence-electron chi connectivity index (χ2n) is 8.51. The van der Waals surface area contributed by atoms with Gasteiger partial charge in [0.15, 0.2) is 5.82 Å². The van der Waals surface area contributed by atoms with E-state index >= 15 is 0 Å². The minimum absolute atomic E-state index is 0.696. The van der Waals surface area contributed by atoms with E-state index in [1.54, 1.807) is 6.20 Å². The van der Waals surface area contributed by atoms with Crippen molar-refractivity contribution in [2.45, 2.75) is 6.54 Å². The molecule has 0 amide bonds. The smallest absolute Gasteiger partial charge is 0.159 e. The van der Waals surface area contributed by atoms with E-state index in [0.717, 1.165) is 62.3 Å². The van der Waals surface area contributed by atoms with Gasteiger partial charge in [0.2, 0.25) is 0 Å². The number of hydrogen-bond acceptors (Lipinski definition) is 6. The first kappa shape index (κ1) is 20.2. The van der Waals surface area contributed by atoms with Gasteiger partial charge >= 0.3 is 0 Å². The van der Waals surface area contributed by atoms with Crippen LogP contribution < -0.4 is 0 Å². The third-order valence-electron chi connectivity index (χ3n) is 5.71. The Balaban J connectivity index is 1.45. The molecule has 6 aromatic rings. The van der Waals surface area contributed by atoms with Crippen LogP contribution in [0.5, 0.6) is 0 Å². The molecule has 0 fully saturated rings. The molecule has 0 saturated carbocycles. The Morgan fingerprint density at radius 1 is 0.882 bits per heavy atom. The lowest BCUT2D eigenvalue weighted by Gasteiger charge is -2.10. The van der Waals surface area contributed by atoms with Crippen molar-refractivity contribution in [1.29, 1.82) is 0 Å². The van der Waals surface area contributed by atoms with Crippen molar-refractivity contribution in [3.8, 4) is 34.0 Å². The van der Waals surface area contributed by atoms with Gasteiger partial charge in [-0.25, -0.2) is 4.98 Å². The Morgan fingerprint density at radius 3 is 2.68 bits per heavy atom. The molecule has 2 N–H and O–H groups in total. The molecule has 6 rings (SSSR count). The average molecular weight is 447 g/mol. The summed E-state index contributed by atoms with van der Waals surface area (Å²) in [5.74, 6) is 0.696. The summed E-state index contributed by atoms with van der Waals surface area (Å²) in [6.45, 7) is 0.817. The maximum absolute atomic E-state index is 4.91. The third kappa shape index (κ3) is 3.60. The monoisotopic (exact) mass is 446 g/mol. The summed E-state index contributed by atoms with van der Waals surface area (Å²) in [5.41, 5.74) is 8.20. The fraction of sp³-hybridized carbons (Fsp3) is 0.115. The van der Waals surface area contributed by atoms with Crippen LogP contribution in [-0.2, 0) is 6.54 Å². The fourth-order valence-electron chi connectivity index (χ4n) is 4.21. The fourth-order valence-corrected chi connectivity index (χ4v) is 4.21. The van der Waals surface area contributed by atoms with Gasteiger partial charge in [0, 0.05) is 41.6 Å². The summed E-state index contributed by atoms with van der Waals surface area (Å²) in [6, 6.07) is 16.1. The molecule has 0 aliphatic carbocycles. The molecule has 166 valence electrons. The normalized spacial score (nSPS) is 11.6. The molecule has 8 heteroatoms. The second kappa shape index (κ2) is 8.17. The van der Waals surface area contributed by atoms with Crippen LogP contribution in [-0.4, -0.2) is 54.1 Å². The van der Waals surface area contributed by atoms with Gasteiger partial charge in [-0.1, -0.05) is 18.2 Å². The highest BCUT2D eigenvalue weighted by Crippen LogP contribution is 2.32. The molecule has 8 nitrogen and oxygen atoms in total. The molecule has 0 aliphatic rings. The summed E-state index contributed by atoms with van der Waals surface area (Å²) < 4.78 is 0. The number of imidazole rings is 1. The molecule has 0 spiro atoms. The molecule has 5 heterocycles. The van der Waals surface area contributed by atoms with Crippen molar-refractivity contribution in [1.82, 2.24) is 40.0 Å². The lowest BCUT2D eigenvalue weighted by molar-refractivity contribution is 0.402. The van der Waals surface area contributed by atoms with Crippen LogP contribution in [0.25, 0.3) is 56.0 Å². The lowest BCUT2D eigenvalue weighted by atomic mass is 10.1. The van der Waals surface area contributed by atoms with Crippen LogP contribution in [0, 0.1) is 0 Å². The van der Waals surface area contributed by atoms with Gasteiger partial charge in [0.25, 0.3) is 0 Å². The molecule has 0 radical (unpaired) electrons. The number of fused-ring (bicyclic) bond motifs is 2. The van der Waals surface area contributed by atoms with Gasteiger partial charge < -0.3 is 9.88 Å². The Kier molecular flexibility index (Phi) is 4.85. The van der Waals surface area contributed by atoms with Crippen LogP contribution in [0.15, 0.2) is 73.3 Å². The molecule has 0 unspecified atom stereocenters. The van der Waals surface area contributed by atoms with Crippen molar-refractivity contribution in [2.24, 2.45) is 0 Å². The summed E-state index contributed by atoms with van der Waals surface area (Å²) in [5, 5.41) is 8.59. The van der Waals surface area contributed by atoms with Crippen LogP contribution in [0.1, 0.15) is 5.56 Å². The van der Waals surface area contributed by atoms with E-state index in [1.165, 1.54) is 0 Å². The van der Waals surface area contributed by atoms with Crippen LogP contribution in [0.4, 0.5) is 0 Å². The zero-order chi connectivity index (χ0) is 23.1. The maximum Gasteiger partial charge on any atom is 0.159 e. The van der Waals surface area contributed by atoms with Crippen molar-refractivity contribution >= 4 is 21.9 Å². The van der Waals surface area contributed by atoms with E-state index in [4.69, 9.17) is 4.98 Å². The first-order valence-corrected chi connectivity index (χ1v) is 11.0. The van der Waals surface area contributed by atoms with E-state index in [1.807, 2.05) is 75.2 Å². The lowest BCUT2D eigenvalue weighted by Crippen LogP contribution is -2.10. The van der Waals surface area contributed by atoms with Gasteiger partial charge in [0.05, 0.1) is 34.1 Å². The molecule has 0 atom stereocenters. The number of pyridine rings is 3. The van der Waals surface area contributed by atoms with Crippen LogP contribution >= 0.6 is 0 Å². The van der Waals surface area contributed by atoms with E-state index in [-0.39, 0.29) is 0 Å². The predicted molar refractivity (Wildman–Crippen MR) is 133 cm³/mol. The molecule has 0 saturated heterocycles. The van der Waals surface area contributed by atoms with Crippen molar-refractivity contribution < 1.29 is 0 Å². The van der Waals surface area contributed by atoms with E-state index in [2.05, 4.69) is 41.1 Å². The topological polar surface area (TPSA) is 99.3 Å². The number of nitrogens with zero attached hydrogens (tertiary/aromatic N) is 6. The zero-order valence-electron chi connectivity index (χ0n) is 18.8. The van der Waals surface area contributed by atoms with Gasteiger partial charge in [-0.3, -0.25) is 20.1 Å². The minimum atomic E-state index is 0.696. The summed E-state index contributed by atoms with van der Waals surface area (Å²) in [6.07, 6.45) is 7.33. The zero-order valence-corrected chi connectivity index (χ0v) is 18.8. The average Bonchev–Trinajstić information content (AvgIpc) is 3.48. The Bertz CT molecular complexity index is 1610. The Labute approximate surface area is 195 Å². The summed E-state index contributed by atoms with van der Waals surface area (Å²) >= 11 is 0. The number of H-pyrrole nitrogens is 2. The highest BCUT2D eigenvalue weighted by atomic mass is 15.1. The molecular weight excluding hydrogens is 424 g/mol. The van der Waals surface area contributed by atoms with E-state index in [0.29, 0.717) is 5.82 Å². The molecule has 1 aromatic carbocycles. The number of nitrogens with one attached hydrogen (secondary N) is 2. The SMILES string of the molecule is CN(C)Cc1cncc(-c2cc3c(-c4nc5c(-c6ccccn6)cccc5[nH]4)n[nH]c3cn2)c1. The quantitative estimate of drug-likeness (QED) is 0.399. The first-order valence-electron chi connectivity index (χ1n) is 11.0. The van der Waals surface area contributed by atoms with Crippen molar-refractivity contribution in [3.05, 3.63) is 78.9 Å². The highest BCUT2D eigenvalue weighted by Gasteiger charge is 2.16. The first-order chi connectivity index (χ1) is 16.7. The van der Waals surface area contributed by atoms with Crippen LogP contribution in [0.3, 0.4) is 0 Å². The number of rotatable bonds is 5. The number of para-hydroxylation sites is 1. The number of hydrogen-bond donors (Lipinski definition) is 2. The standard InChI is InChI=1S/C26H22N8/c1-34(2)15-16-10-17(13-27-12-16)22-11-19-23(14-29-22)32-33-25(19)26-30-21-8-5-6-18(24(21)31-26)20-7-3-4-9-28-20/h3-14H,15H2,1-2H3,(H,30,31)(H,32,33). The Hall–Kier alpha value is -4.43. The third-order valence-corrected chi connectivity index (χ3v) is 5.71. The minimum Gasteiger partial charge on any atom is -0.337 e. The maximum atomic E-state index is 4.91. The van der Waals surface area contributed by atoms with Crippen molar-refractivity contribution in [3.63, 3.8) is 0 Å². The molecule has 34 heavy (non-hydrogen) atoms. The Morgan fingerprint density at radius 2 is 1.82 bits per heavy atom.